The van der Waals surface area contributed by atoms with Crippen molar-refractivity contribution in [2.24, 2.45) is 0 Å². The van der Waals surface area contributed by atoms with E-state index in [1.807, 2.05) is 50.2 Å². The molecule has 13 nitrogen and oxygen atoms in total. The van der Waals surface area contributed by atoms with Crippen LogP contribution in [0.25, 0.3) is 6.08 Å². The fourth-order valence-corrected chi connectivity index (χ4v) is 8.46. The molecule has 2 amide bonds. The number of benzene rings is 4. The first kappa shape index (κ1) is 38.5. The van der Waals surface area contributed by atoms with Gasteiger partial charge in [-0.2, -0.15) is 8.42 Å². The molecular weight excluding hydrogens is 741 g/mol. The Hall–Kier alpha value is -5.73. The molecule has 0 N–H and O–H groups in total. The minimum Gasteiger partial charge on any atom is -0.493 e. The van der Waals surface area contributed by atoms with Gasteiger partial charge in [0.25, 0.3) is 0 Å². The molecule has 3 aliphatic rings. The summed E-state index contributed by atoms with van der Waals surface area (Å²) in [6.07, 6.45) is 0.606. The summed E-state index contributed by atoms with van der Waals surface area (Å²) in [4.78, 5) is 32.3. The van der Waals surface area contributed by atoms with E-state index in [1.165, 1.54) is 31.3 Å². The number of hydrogen-bond donors (Lipinski definition) is 0. The Bertz CT molecular complexity index is 2310. The number of methoxy groups -OCH3 is 2. The summed E-state index contributed by atoms with van der Waals surface area (Å²) in [6.45, 7) is 8.77. The van der Waals surface area contributed by atoms with E-state index in [4.69, 9.17) is 32.6 Å². The predicted molar refractivity (Wildman–Crippen MR) is 205 cm³/mol. The lowest BCUT2D eigenvalue weighted by Crippen LogP contribution is -2.61. The second-order valence-electron chi connectivity index (χ2n) is 14.1. The summed E-state index contributed by atoms with van der Waals surface area (Å²) in [5.74, 6) is 1.03. The van der Waals surface area contributed by atoms with Gasteiger partial charge >= 0.3 is 16.2 Å². The molecule has 4 aromatic rings. The first-order valence-corrected chi connectivity index (χ1v) is 19.6. The van der Waals surface area contributed by atoms with E-state index >= 15 is 0 Å². The molecule has 0 radical (unpaired) electrons. The molecule has 3 aliphatic heterocycles. The maximum absolute atomic E-state index is 15.0. The maximum Gasteiger partial charge on any atom is 0.411 e. The van der Waals surface area contributed by atoms with E-state index in [1.54, 1.807) is 49.9 Å². The van der Waals surface area contributed by atoms with Crippen LogP contribution in [0, 0.1) is 20.8 Å². The van der Waals surface area contributed by atoms with E-state index in [9.17, 15) is 18.0 Å². The highest BCUT2D eigenvalue weighted by atomic mass is 32.2. The minimum atomic E-state index is -4.38. The number of carbonyl (C=O) groups excluding carboxylic acids is 2. The third-order valence-corrected chi connectivity index (χ3v) is 11.2. The van der Waals surface area contributed by atoms with Crippen molar-refractivity contribution in [3.63, 3.8) is 0 Å². The highest BCUT2D eigenvalue weighted by Gasteiger charge is 2.53. The third kappa shape index (κ3) is 7.10. The molecule has 2 atom stereocenters. The second-order valence-corrected chi connectivity index (χ2v) is 15.7. The molecule has 0 unspecified atom stereocenters. The molecular formula is C42H44N2O11S. The van der Waals surface area contributed by atoms with Gasteiger partial charge in [0, 0.05) is 35.9 Å². The number of ether oxygens (including phenoxy) is 6. The summed E-state index contributed by atoms with van der Waals surface area (Å²) in [7, 11) is -1.35. The van der Waals surface area contributed by atoms with Gasteiger partial charge < -0.3 is 37.5 Å². The first-order valence-electron chi connectivity index (χ1n) is 18.1. The van der Waals surface area contributed by atoms with Crippen LogP contribution in [0.3, 0.4) is 0 Å². The first-order chi connectivity index (χ1) is 26.8. The standard InChI is InChI=1S/C42H44N2O11S/c1-24(2)54-42(46)44-33-18-29-17-26(4)37(50-7)40(52-22-49-6)35(29)36(44)32(43(41(33)45)21-28-11-9-8-10-12-28)19-30-20-34-39(53-23-51-34)27(5)38(30)55-56(47,48)31-15-13-25(3)14-16-31/h8-17,19-20,24,33,36H,18,21-23H2,1-7H3/b32-19+/t33-,36-/m0/s1. The van der Waals surface area contributed by atoms with Gasteiger partial charge in [0.15, 0.2) is 35.5 Å². The van der Waals surface area contributed by atoms with Crippen molar-refractivity contribution >= 4 is 28.2 Å². The van der Waals surface area contributed by atoms with Crippen molar-refractivity contribution in [3.8, 4) is 28.7 Å². The monoisotopic (exact) mass is 784 g/mol. The molecule has 14 heteroatoms. The quantitative estimate of drug-likeness (QED) is 0.115. The average molecular weight is 785 g/mol. The fourth-order valence-electron chi connectivity index (χ4n) is 7.45. The van der Waals surface area contributed by atoms with Crippen LogP contribution in [-0.2, 0) is 37.4 Å². The van der Waals surface area contributed by atoms with Crippen molar-refractivity contribution in [2.75, 3.05) is 27.8 Å². The lowest BCUT2D eigenvalue weighted by molar-refractivity contribution is -0.141. The number of hydrogen-bond acceptors (Lipinski definition) is 11. The average Bonchev–Trinajstić information content (AvgIpc) is 3.64. The van der Waals surface area contributed by atoms with Crippen LogP contribution in [-0.4, -0.2) is 70.2 Å². The fraction of sp³-hybridized carbons (Fsp3) is 0.333. The van der Waals surface area contributed by atoms with Crippen LogP contribution in [0.2, 0.25) is 0 Å². The molecule has 0 aromatic heterocycles. The summed E-state index contributed by atoms with van der Waals surface area (Å²) in [5, 5.41) is 0. The zero-order valence-electron chi connectivity index (χ0n) is 32.3. The number of aryl methyl sites for hydroxylation is 2. The van der Waals surface area contributed by atoms with E-state index in [0.717, 1.165) is 22.3 Å². The van der Waals surface area contributed by atoms with Gasteiger partial charge in [-0.25, -0.2) is 4.79 Å². The lowest BCUT2D eigenvalue weighted by atomic mass is 9.80. The lowest BCUT2D eigenvalue weighted by Gasteiger charge is -2.51. The van der Waals surface area contributed by atoms with Crippen molar-refractivity contribution in [2.45, 2.75) is 70.7 Å². The molecule has 0 spiro atoms. The molecule has 0 saturated carbocycles. The molecule has 0 aliphatic carbocycles. The van der Waals surface area contributed by atoms with E-state index in [-0.39, 0.29) is 48.7 Å². The smallest absolute Gasteiger partial charge is 0.411 e. The minimum absolute atomic E-state index is 0.0405. The van der Waals surface area contributed by atoms with Crippen molar-refractivity contribution in [1.29, 1.82) is 0 Å². The van der Waals surface area contributed by atoms with E-state index < -0.39 is 34.4 Å². The van der Waals surface area contributed by atoms with Gasteiger partial charge in [0.1, 0.15) is 17.0 Å². The van der Waals surface area contributed by atoms with Crippen LogP contribution in [0.5, 0.6) is 28.7 Å². The van der Waals surface area contributed by atoms with Gasteiger partial charge in [-0.1, -0.05) is 54.1 Å². The summed E-state index contributed by atoms with van der Waals surface area (Å²) in [6, 6.07) is 17.3. The molecule has 2 bridgehead atoms. The Labute approximate surface area is 326 Å². The summed E-state index contributed by atoms with van der Waals surface area (Å²) >= 11 is 0. The van der Waals surface area contributed by atoms with Crippen LogP contribution in [0.15, 0.2) is 77.3 Å². The number of nitrogens with zero attached hydrogens (tertiary/aromatic N) is 2. The normalized spacial score (nSPS) is 17.9. The predicted octanol–water partition coefficient (Wildman–Crippen LogP) is 7.00. The van der Waals surface area contributed by atoms with Crippen molar-refractivity contribution in [1.82, 2.24) is 9.80 Å². The largest absolute Gasteiger partial charge is 0.493 e. The Balaban J connectivity index is 1.52. The van der Waals surface area contributed by atoms with E-state index in [0.29, 0.717) is 39.8 Å². The number of fused-ring (bicyclic) bond motifs is 5. The van der Waals surface area contributed by atoms with Gasteiger partial charge in [-0.05, 0) is 75.6 Å². The van der Waals surface area contributed by atoms with Crippen molar-refractivity contribution < 1.29 is 50.6 Å². The van der Waals surface area contributed by atoms with Crippen molar-refractivity contribution in [3.05, 3.63) is 111 Å². The molecule has 1 fully saturated rings. The van der Waals surface area contributed by atoms with Crippen LogP contribution < -0.4 is 23.1 Å². The van der Waals surface area contributed by atoms with Gasteiger partial charge in [-0.15, -0.1) is 0 Å². The zero-order chi connectivity index (χ0) is 39.9. The maximum atomic E-state index is 15.0. The van der Waals surface area contributed by atoms with Gasteiger partial charge in [0.05, 0.1) is 19.8 Å². The summed E-state index contributed by atoms with van der Waals surface area (Å²) in [5.41, 5.74) is 4.71. The number of amides is 2. The Morgan fingerprint density at radius 2 is 1.70 bits per heavy atom. The molecule has 294 valence electrons. The third-order valence-electron chi connectivity index (χ3n) is 9.92. The second kappa shape index (κ2) is 15.4. The molecule has 56 heavy (non-hydrogen) atoms. The molecule has 3 heterocycles. The molecule has 4 aromatic carbocycles. The SMILES string of the molecule is COCOc1c(OC)c(C)cc2c1[C@@H]1/C(=C\c3cc4c(c(C)c3OS(=O)(=O)c3ccc(C)cc3)OCO4)N(Cc3ccccc3)C(=O)[C@H](C2)N1C(=O)OC(C)C. The number of rotatable bonds is 11. The molecule has 1 saturated heterocycles. The highest BCUT2D eigenvalue weighted by Crippen LogP contribution is 2.53. The van der Waals surface area contributed by atoms with E-state index in [2.05, 4.69) is 0 Å². The molecule has 7 rings (SSSR count). The Kier molecular flexibility index (Phi) is 10.6. The zero-order valence-corrected chi connectivity index (χ0v) is 33.1. The number of carbonyl (C=O) groups is 2. The van der Waals surface area contributed by atoms with Crippen LogP contribution >= 0.6 is 0 Å². The van der Waals surface area contributed by atoms with Gasteiger partial charge in [-0.3, -0.25) is 9.69 Å². The van der Waals surface area contributed by atoms with Crippen LogP contribution in [0.4, 0.5) is 4.79 Å². The topological polar surface area (TPSA) is 139 Å². The Morgan fingerprint density at radius 1 is 0.964 bits per heavy atom. The Morgan fingerprint density at radius 3 is 2.38 bits per heavy atom. The van der Waals surface area contributed by atoms with Crippen LogP contribution in [0.1, 0.15) is 58.8 Å². The number of piperazine rings is 1. The highest BCUT2D eigenvalue weighted by molar-refractivity contribution is 7.87. The summed E-state index contributed by atoms with van der Waals surface area (Å²) < 4.78 is 68.7. The van der Waals surface area contributed by atoms with Gasteiger partial charge in [0.2, 0.25) is 12.7 Å².